The van der Waals surface area contributed by atoms with Crippen molar-refractivity contribution in [2.45, 2.75) is 19.0 Å². The first-order valence-electron chi connectivity index (χ1n) is 2.40. The summed E-state index contributed by atoms with van der Waals surface area (Å²) in [5.41, 5.74) is 0. The molecule has 0 aromatic carbocycles. The second-order valence-corrected chi connectivity index (χ2v) is 2.17. The summed E-state index contributed by atoms with van der Waals surface area (Å²) in [6, 6.07) is 0. The SMILES string of the molecule is FC1=C(Cl)C(F)CC1. The number of hydrogen-bond acceptors (Lipinski definition) is 0. The Bertz CT molecular complexity index is 130. The predicted molar refractivity (Wildman–Crippen MR) is 28.1 cm³/mol. The van der Waals surface area contributed by atoms with Crippen LogP contribution in [0.4, 0.5) is 8.78 Å². The highest BCUT2D eigenvalue weighted by Crippen LogP contribution is 2.31. The predicted octanol–water partition coefficient (Wildman–Crippen LogP) is 2.54. The topological polar surface area (TPSA) is 0 Å². The smallest absolute Gasteiger partial charge is 0.139 e. The van der Waals surface area contributed by atoms with Crippen LogP contribution in [-0.2, 0) is 0 Å². The molecular weight excluding hydrogens is 134 g/mol. The summed E-state index contributed by atoms with van der Waals surface area (Å²) < 4.78 is 24.2. The van der Waals surface area contributed by atoms with Crippen LogP contribution in [0.25, 0.3) is 0 Å². The van der Waals surface area contributed by atoms with E-state index < -0.39 is 12.0 Å². The number of rotatable bonds is 0. The maximum Gasteiger partial charge on any atom is 0.139 e. The number of halogens is 3. The molecule has 1 rings (SSSR count). The van der Waals surface area contributed by atoms with E-state index >= 15 is 0 Å². The Morgan fingerprint density at radius 3 is 2.38 bits per heavy atom. The van der Waals surface area contributed by atoms with E-state index in [1.807, 2.05) is 0 Å². The minimum Gasteiger partial charge on any atom is -0.241 e. The molecule has 0 radical (unpaired) electrons. The van der Waals surface area contributed by atoms with E-state index in [4.69, 9.17) is 11.6 Å². The number of alkyl halides is 1. The van der Waals surface area contributed by atoms with Gasteiger partial charge in [0.15, 0.2) is 0 Å². The number of allylic oxidation sites excluding steroid dienone is 2. The van der Waals surface area contributed by atoms with Gasteiger partial charge in [0.2, 0.25) is 0 Å². The molecule has 0 amide bonds. The monoisotopic (exact) mass is 138 g/mol. The van der Waals surface area contributed by atoms with Crippen LogP contribution >= 0.6 is 11.6 Å². The fraction of sp³-hybridized carbons (Fsp3) is 0.600. The van der Waals surface area contributed by atoms with Crippen molar-refractivity contribution in [1.29, 1.82) is 0 Å². The Balaban J connectivity index is 2.71. The molecule has 0 saturated carbocycles. The van der Waals surface area contributed by atoms with E-state index in [0.717, 1.165) is 0 Å². The van der Waals surface area contributed by atoms with Crippen molar-refractivity contribution in [3.63, 3.8) is 0 Å². The minimum absolute atomic E-state index is 0.167. The molecule has 1 aliphatic carbocycles. The van der Waals surface area contributed by atoms with Crippen LogP contribution in [-0.4, -0.2) is 6.17 Å². The molecule has 0 aromatic rings. The molecule has 0 spiro atoms. The lowest BCUT2D eigenvalue weighted by Gasteiger charge is -1.91. The van der Waals surface area contributed by atoms with Crippen LogP contribution in [0.2, 0.25) is 0 Å². The maximum atomic E-state index is 12.1. The van der Waals surface area contributed by atoms with Gasteiger partial charge < -0.3 is 0 Å². The van der Waals surface area contributed by atoms with Crippen molar-refractivity contribution < 1.29 is 8.78 Å². The Labute approximate surface area is 51.1 Å². The first-order valence-corrected chi connectivity index (χ1v) is 2.77. The molecule has 1 unspecified atom stereocenters. The van der Waals surface area contributed by atoms with Gasteiger partial charge in [-0.25, -0.2) is 8.78 Å². The summed E-state index contributed by atoms with van der Waals surface area (Å²) in [5.74, 6) is -0.487. The number of hydrogen-bond donors (Lipinski definition) is 0. The molecule has 0 nitrogen and oxygen atoms in total. The zero-order valence-electron chi connectivity index (χ0n) is 4.13. The lowest BCUT2D eigenvalue weighted by atomic mass is 10.3. The van der Waals surface area contributed by atoms with Crippen LogP contribution < -0.4 is 0 Å². The van der Waals surface area contributed by atoms with Crippen LogP contribution in [0.3, 0.4) is 0 Å². The Hall–Kier alpha value is -0.110. The lowest BCUT2D eigenvalue weighted by molar-refractivity contribution is 0.390. The van der Waals surface area contributed by atoms with E-state index in [9.17, 15) is 8.78 Å². The summed E-state index contributed by atoms with van der Waals surface area (Å²) in [5, 5.41) is -0.231. The maximum absolute atomic E-state index is 12.1. The third-order valence-corrected chi connectivity index (χ3v) is 1.59. The normalized spacial score (nSPS) is 29.6. The summed E-state index contributed by atoms with van der Waals surface area (Å²) >= 11 is 5.14. The molecule has 46 valence electrons. The van der Waals surface area contributed by atoms with Gasteiger partial charge in [0.25, 0.3) is 0 Å². The van der Waals surface area contributed by atoms with E-state index in [1.165, 1.54) is 0 Å². The highest BCUT2D eigenvalue weighted by molar-refractivity contribution is 6.30. The summed E-state index contributed by atoms with van der Waals surface area (Å²) in [6.07, 6.45) is -0.860. The fourth-order valence-electron chi connectivity index (χ4n) is 0.670. The van der Waals surface area contributed by atoms with Crippen molar-refractivity contribution in [3.05, 3.63) is 10.9 Å². The molecule has 0 aliphatic heterocycles. The van der Waals surface area contributed by atoms with Gasteiger partial charge in [-0.2, -0.15) is 0 Å². The van der Waals surface area contributed by atoms with Crippen molar-refractivity contribution in [1.82, 2.24) is 0 Å². The van der Waals surface area contributed by atoms with Crippen LogP contribution in [0.1, 0.15) is 12.8 Å². The van der Waals surface area contributed by atoms with Gasteiger partial charge in [-0.15, -0.1) is 0 Å². The van der Waals surface area contributed by atoms with Gasteiger partial charge in [0, 0.05) is 6.42 Å². The zero-order valence-corrected chi connectivity index (χ0v) is 4.88. The average Bonchev–Trinajstić information content (AvgIpc) is 1.98. The molecule has 1 aliphatic rings. The molecule has 0 bridgehead atoms. The molecule has 0 heterocycles. The largest absolute Gasteiger partial charge is 0.241 e. The van der Waals surface area contributed by atoms with Gasteiger partial charge in [-0.1, -0.05) is 11.6 Å². The van der Waals surface area contributed by atoms with Crippen molar-refractivity contribution >= 4 is 11.6 Å². The Morgan fingerprint density at radius 1 is 1.62 bits per heavy atom. The van der Waals surface area contributed by atoms with Gasteiger partial charge in [0.05, 0.1) is 5.03 Å². The van der Waals surface area contributed by atoms with Gasteiger partial charge in [-0.3, -0.25) is 0 Å². The van der Waals surface area contributed by atoms with E-state index in [-0.39, 0.29) is 17.9 Å². The van der Waals surface area contributed by atoms with Crippen LogP contribution in [0.5, 0.6) is 0 Å². The Kier molecular flexibility index (Phi) is 1.52. The fourth-order valence-corrected chi connectivity index (χ4v) is 0.873. The van der Waals surface area contributed by atoms with E-state index in [1.54, 1.807) is 0 Å². The molecule has 0 saturated heterocycles. The molecule has 8 heavy (non-hydrogen) atoms. The van der Waals surface area contributed by atoms with Crippen molar-refractivity contribution in [3.8, 4) is 0 Å². The van der Waals surface area contributed by atoms with Crippen molar-refractivity contribution in [2.75, 3.05) is 0 Å². The highest BCUT2D eigenvalue weighted by atomic mass is 35.5. The molecule has 0 aromatic heterocycles. The first-order chi connectivity index (χ1) is 3.72. The van der Waals surface area contributed by atoms with Crippen molar-refractivity contribution in [2.24, 2.45) is 0 Å². The standard InChI is InChI=1S/C5H5ClF2/c6-5-3(7)1-2-4(5)8/h3H,1-2H2. The minimum atomic E-state index is -1.24. The van der Waals surface area contributed by atoms with Gasteiger partial charge >= 0.3 is 0 Å². The second-order valence-electron chi connectivity index (χ2n) is 1.76. The van der Waals surface area contributed by atoms with Gasteiger partial charge in [-0.05, 0) is 6.42 Å². The molecule has 0 N–H and O–H groups in total. The molecule has 3 heteroatoms. The summed E-state index contributed by atoms with van der Waals surface area (Å²) in [7, 11) is 0. The van der Waals surface area contributed by atoms with Gasteiger partial charge in [0.1, 0.15) is 12.0 Å². The van der Waals surface area contributed by atoms with Crippen LogP contribution in [0.15, 0.2) is 10.9 Å². The summed E-state index contributed by atoms with van der Waals surface area (Å²) in [6.45, 7) is 0. The first kappa shape index (κ1) is 6.02. The van der Waals surface area contributed by atoms with E-state index in [2.05, 4.69) is 0 Å². The third kappa shape index (κ3) is 0.848. The van der Waals surface area contributed by atoms with Crippen LogP contribution in [0, 0.1) is 0 Å². The highest BCUT2D eigenvalue weighted by Gasteiger charge is 2.23. The van der Waals surface area contributed by atoms with E-state index in [0.29, 0.717) is 0 Å². The summed E-state index contributed by atoms with van der Waals surface area (Å²) in [4.78, 5) is 0. The molecule has 0 fully saturated rings. The zero-order chi connectivity index (χ0) is 6.15. The lowest BCUT2D eigenvalue weighted by Crippen LogP contribution is -1.90. The Morgan fingerprint density at radius 2 is 2.25 bits per heavy atom. The quantitative estimate of drug-likeness (QED) is 0.483. The molecular formula is C5H5ClF2. The third-order valence-electron chi connectivity index (χ3n) is 1.15. The average molecular weight is 139 g/mol. The molecule has 1 atom stereocenters. The second kappa shape index (κ2) is 2.02.